The van der Waals surface area contributed by atoms with E-state index in [0.29, 0.717) is 35.8 Å². The molecule has 0 saturated carbocycles. The maximum absolute atomic E-state index is 13.0. The summed E-state index contributed by atoms with van der Waals surface area (Å²) in [6.45, 7) is 0.766. The van der Waals surface area contributed by atoms with Gasteiger partial charge in [0.05, 0.1) is 7.11 Å². The molecule has 0 saturated heterocycles. The van der Waals surface area contributed by atoms with Crippen LogP contribution in [0.3, 0.4) is 0 Å². The van der Waals surface area contributed by atoms with Gasteiger partial charge in [-0.25, -0.2) is 0 Å². The van der Waals surface area contributed by atoms with Gasteiger partial charge in [0.1, 0.15) is 18.5 Å². The van der Waals surface area contributed by atoms with Crippen molar-refractivity contribution in [2.75, 3.05) is 12.0 Å². The Balaban J connectivity index is 1.45. The number of nitrogen functional groups attached to an aromatic ring is 1. The number of carbonyl (C=O) groups is 1. The monoisotopic (exact) mass is 545 g/mol. The fourth-order valence-electron chi connectivity index (χ4n) is 4.80. The number of aromatic nitrogens is 1. The number of pyridine rings is 1. The second-order valence-corrected chi connectivity index (χ2v) is 9.64. The lowest BCUT2D eigenvalue weighted by Gasteiger charge is -2.32. The molecule has 0 aliphatic carbocycles. The summed E-state index contributed by atoms with van der Waals surface area (Å²) < 4.78 is 11.8. The van der Waals surface area contributed by atoms with Gasteiger partial charge in [-0.3, -0.25) is 15.2 Å². The quantitative estimate of drug-likeness (QED) is 0.152. The summed E-state index contributed by atoms with van der Waals surface area (Å²) in [5, 5.41) is 9.88. The molecule has 206 valence electrons. The van der Waals surface area contributed by atoms with Crippen LogP contribution in [-0.4, -0.2) is 23.8 Å². The van der Waals surface area contributed by atoms with Gasteiger partial charge in [0.15, 0.2) is 11.5 Å². The fraction of sp³-hybridized carbons (Fsp3) is 0.121. The van der Waals surface area contributed by atoms with E-state index in [-0.39, 0.29) is 5.84 Å². The number of nitrogens with one attached hydrogen (secondary N) is 1. The summed E-state index contributed by atoms with van der Waals surface area (Å²) in [5.41, 5.74) is 15.7. The van der Waals surface area contributed by atoms with Gasteiger partial charge >= 0.3 is 0 Å². The van der Waals surface area contributed by atoms with Crippen molar-refractivity contribution in [2.24, 2.45) is 11.5 Å². The summed E-state index contributed by atoms with van der Waals surface area (Å²) in [6.07, 6.45) is 3.60. The Morgan fingerprint density at radius 3 is 2.37 bits per heavy atom. The molecule has 0 fully saturated rings. The average molecular weight is 546 g/mol. The number of nitrogens with two attached hydrogens (primary N) is 2. The van der Waals surface area contributed by atoms with Crippen molar-refractivity contribution in [3.8, 4) is 11.5 Å². The Morgan fingerprint density at radius 2 is 1.66 bits per heavy atom. The summed E-state index contributed by atoms with van der Waals surface area (Å²) >= 11 is 0. The third-order valence-corrected chi connectivity index (χ3v) is 6.89. The zero-order chi connectivity index (χ0) is 28.8. The van der Waals surface area contributed by atoms with Crippen molar-refractivity contribution in [3.05, 3.63) is 132 Å². The number of hydrogen-bond donors (Lipinski definition) is 3. The first-order chi connectivity index (χ1) is 19.9. The number of nitrogens with zero attached hydrogens (tertiary/aromatic N) is 2. The molecule has 0 aliphatic heterocycles. The molecule has 5 N–H and O–H groups in total. The van der Waals surface area contributed by atoms with E-state index >= 15 is 0 Å². The Kier molecular flexibility index (Phi) is 8.10. The van der Waals surface area contributed by atoms with Crippen molar-refractivity contribution < 1.29 is 14.3 Å². The zero-order valence-electron chi connectivity index (χ0n) is 22.7. The van der Waals surface area contributed by atoms with E-state index in [4.69, 9.17) is 26.4 Å². The van der Waals surface area contributed by atoms with E-state index in [1.54, 1.807) is 37.6 Å². The van der Waals surface area contributed by atoms with Crippen LogP contribution in [0.1, 0.15) is 28.3 Å². The first-order valence-corrected chi connectivity index (χ1v) is 13.1. The second kappa shape index (κ2) is 12.2. The van der Waals surface area contributed by atoms with Crippen LogP contribution in [0.25, 0.3) is 10.8 Å². The van der Waals surface area contributed by atoms with Gasteiger partial charge in [-0.05, 0) is 70.6 Å². The van der Waals surface area contributed by atoms with Gasteiger partial charge in [-0.15, -0.1) is 0 Å². The molecular formula is C33H31N5O3. The smallest absolute Gasteiger partial charge is 0.244 e. The highest BCUT2D eigenvalue weighted by Crippen LogP contribution is 2.35. The minimum absolute atomic E-state index is 0.0290. The zero-order valence-corrected chi connectivity index (χ0v) is 22.7. The van der Waals surface area contributed by atoms with Gasteiger partial charge in [-0.2, -0.15) is 0 Å². The molecule has 4 aromatic carbocycles. The number of rotatable bonds is 11. The predicted molar refractivity (Wildman–Crippen MR) is 161 cm³/mol. The molecule has 1 heterocycles. The van der Waals surface area contributed by atoms with E-state index in [2.05, 4.69) is 11.1 Å². The number of ether oxygens (including phenoxy) is 2. The number of hydrogen-bond acceptors (Lipinski definition) is 6. The first-order valence-electron chi connectivity index (χ1n) is 13.1. The summed E-state index contributed by atoms with van der Waals surface area (Å²) in [4.78, 5) is 19.1. The highest BCUT2D eigenvalue weighted by atomic mass is 16.5. The van der Waals surface area contributed by atoms with Gasteiger partial charge in [0.2, 0.25) is 5.91 Å². The number of benzene rings is 4. The Hall–Kier alpha value is -5.37. The molecule has 1 amide bonds. The van der Waals surface area contributed by atoms with Gasteiger partial charge < -0.3 is 25.8 Å². The Bertz CT molecular complexity index is 1670. The molecular weight excluding hydrogens is 514 g/mol. The number of primary amides is 1. The lowest BCUT2D eigenvalue weighted by molar-refractivity contribution is -0.119. The number of anilines is 1. The molecule has 1 unspecified atom stereocenters. The summed E-state index contributed by atoms with van der Waals surface area (Å²) in [7, 11) is 1.57. The van der Waals surface area contributed by atoms with Crippen LogP contribution in [-0.2, 0) is 17.9 Å². The predicted octanol–water partition coefficient (Wildman–Crippen LogP) is 5.34. The summed E-state index contributed by atoms with van der Waals surface area (Å²) in [6, 6.07) is 29.7. The van der Waals surface area contributed by atoms with Crippen LogP contribution < -0.4 is 25.8 Å². The van der Waals surface area contributed by atoms with E-state index < -0.39 is 11.9 Å². The molecule has 0 bridgehead atoms. The van der Waals surface area contributed by atoms with Gasteiger partial charge in [0.25, 0.3) is 0 Å². The molecule has 0 spiro atoms. The van der Waals surface area contributed by atoms with Crippen molar-refractivity contribution in [1.82, 2.24) is 4.98 Å². The largest absolute Gasteiger partial charge is 0.493 e. The standard InChI is InChI=1S/C33H31N5O3/c1-40-30-18-26(11-14-29(30)41-21-23-7-8-27-19-37-16-15-25(27)17-23)31(33(36)39)38(20-22-5-3-2-4-6-22)28-12-9-24(10-13-28)32(34)35/h2-19,31H,20-21H2,1H3,(H3,34,35)(H2,36,39). The molecule has 8 nitrogen and oxygen atoms in total. The van der Waals surface area contributed by atoms with Crippen molar-refractivity contribution >= 4 is 28.2 Å². The third-order valence-electron chi connectivity index (χ3n) is 6.89. The maximum Gasteiger partial charge on any atom is 0.244 e. The highest BCUT2D eigenvalue weighted by Gasteiger charge is 2.28. The van der Waals surface area contributed by atoms with E-state index in [1.165, 1.54) is 0 Å². The van der Waals surface area contributed by atoms with Crippen LogP contribution in [0.4, 0.5) is 5.69 Å². The lowest BCUT2D eigenvalue weighted by atomic mass is 10.0. The Labute approximate surface area is 238 Å². The number of methoxy groups -OCH3 is 1. The van der Waals surface area contributed by atoms with Crippen molar-refractivity contribution in [2.45, 2.75) is 19.2 Å². The van der Waals surface area contributed by atoms with E-state index in [0.717, 1.165) is 27.6 Å². The van der Waals surface area contributed by atoms with E-state index in [1.807, 2.05) is 77.8 Å². The molecule has 1 atom stereocenters. The second-order valence-electron chi connectivity index (χ2n) is 9.64. The van der Waals surface area contributed by atoms with Gasteiger partial charge in [0, 0.05) is 35.6 Å². The van der Waals surface area contributed by atoms with Crippen molar-refractivity contribution in [1.29, 1.82) is 5.41 Å². The minimum atomic E-state index is -0.810. The molecule has 5 rings (SSSR count). The molecule has 8 heteroatoms. The maximum atomic E-state index is 13.0. The molecule has 1 aromatic heterocycles. The molecule has 0 aliphatic rings. The van der Waals surface area contributed by atoms with Crippen LogP contribution in [0.2, 0.25) is 0 Å². The normalized spacial score (nSPS) is 11.5. The number of amides is 1. The van der Waals surface area contributed by atoms with Gasteiger partial charge in [-0.1, -0.05) is 48.5 Å². The number of carbonyl (C=O) groups excluding carboxylic acids is 1. The molecule has 5 aromatic rings. The average Bonchev–Trinajstić information content (AvgIpc) is 3.00. The fourth-order valence-corrected chi connectivity index (χ4v) is 4.80. The van der Waals surface area contributed by atoms with Crippen LogP contribution in [0.15, 0.2) is 109 Å². The highest BCUT2D eigenvalue weighted by molar-refractivity contribution is 5.95. The molecule has 0 radical (unpaired) electrons. The first kappa shape index (κ1) is 27.2. The number of amidine groups is 1. The van der Waals surface area contributed by atoms with E-state index in [9.17, 15) is 4.79 Å². The third kappa shape index (κ3) is 6.28. The van der Waals surface area contributed by atoms with Crippen molar-refractivity contribution in [3.63, 3.8) is 0 Å². The topological polar surface area (TPSA) is 128 Å². The van der Waals surface area contributed by atoms with Crippen LogP contribution >= 0.6 is 0 Å². The lowest BCUT2D eigenvalue weighted by Crippen LogP contribution is -2.37. The SMILES string of the molecule is COc1cc(C(C(N)=O)N(Cc2ccccc2)c2ccc(C(=N)N)cc2)ccc1OCc1ccc2cnccc2c1. The summed E-state index contributed by atoms with van der Waals surface area (Å²) in [5.74, 6) is 0.497. The number of fused-ring (bicyclic) bond motifs is 1. The minimum Gasteiger partial charge on any atom is -0.493 e. The Morgan fingerprint density at radius 1 is 0.878 bits per heavy atom. The van der Waals surface area contributed by atoms with Crippen LogP contribution in [0.5, 0.6) is 11.5 Å². The molecule has 41 heavy (non-hydrogen) atoms. The van der Waals surface area contributed by atoms with Crippen LogP contribution in [0, 0.1) is 5.41 Å².